The highest BCUT2D eigenvalue weighted by atomic mass is 32.2. The van der Waals surface area contributed by atoms with E-state index in [9.17, 15) is 18.3 Å². The minimum absolute atomic E-state index is 0.00552. The molecule has 42 heavy (non-hydrogen) atoms. The van der Waals surface area contributed by atoms with Gasteiger partial charge in [0, 0.05) is 12.5 Å². The standard InChI is InChI=1S/C30H40N2O9S/c1-37-22-13-15-24(16-14-22)42(35,36)32(41-23-10-5-6-11-23)19-27(33)26(18-21-8-3-2-4-9-21)31-30(34)40-28-20-39-29-25(28)12-7-17-38-29/h2-4,8-9,13-16,23,25-29,33H,5-7,10-12,17-20H2,1H3,(H,31,34)/t25-,26-,27+,28-,29+/m0/s1. The van der Waals surface area contributed by atoms with E-state index in [0.29, 0.717) is 12.4 Å². The smallest absolute Gasteiger partial charge is 0.407 e. The van der Waals surface area contributed by atoms with Crippen molar-refractivity contribution in [3.05, 3.63) is 60.2 Å². The van der Waals surface area contributed by atoms with E-state index in [0.717, 1.165) is 48.6 Å². The molecular formula is C30H40N2O9S. The monoisotopic (exact) mass is 604 g/mol. The van der Waals surface area contributed by atoms with Crippen LogP contribution in [-0.4, -0.2) is 81.6 Å². The molecule has 2 aromatic rings. The predicted octanol–water partition coefficient (Wildman–Crippen LogP) is 3.41. The maximum atomic E-state index is 13.7. The third kappa shape index (κ3) is 7.61. The molecule has 5 atom stereocenters. The molecule has 2 N–H and O–H groups in total. The van der Waals surface area contributed by atoms with Crippen molar-refractivity contribution in [2.75, 3.05) is 26.9 Å². The van der Waals surface area contributed by atoms with Gasteiger partial charge in [0.15, 0.2) is 6.29 Å². The normalized spacial score (nSPS) is 24.2. The molecule has 0 aromatic heterocycles. The molecule has 0 spiro atoms. The number of alkyl carbamates (subject to hydrolysis) is 1. The molecular weight excluding hydrogens is 564 g/mol. The van der Waals surface area contributed by atoms with Gasteiger partial charge in [-0.3, -0.25) is 4.84 Å². The van der Waals surface area contributed by atoms with Gasteiger partial charge >= 0.3 is 6.09 Å². The fourth-order valence-corrected chi connectivity index (χ4v) is 7.02. The van der Waals surface area contributed by atoms with Crippen molar-refractivity contribution in [2.45, 2.75) is 80.5 Å². The Morgan fingerprint density at radius 2 is 1.79 bits per heavy atom. The predicted molar refractivity (Wildman–Crippen MR) is 152 cm³/mol. The van der Waals surface area contributed by atoms with Crippen LogP contribution in [-0.2, 0) is 35.5 Å². The topological polar surface area (TPSA) is 133 Å². The lowest BCUT2D eigenvalue weighted by atomic mass is 9.97. The fourth-order valence-electron chi connectivity index (χ4n) is 5.72. The number of hydroxylamine groups is 1. The van der Waals surface area contributed by atoms with E-state index < -0.39 is 40.9 Å². The first kappa shape index (κ1) is 30.7. The first-order chi connectivity index (χ1) is 20.3. The Morgan fingerprint density at radius 3 is 2.50 bits per heavy atom. The number of aliphatic hydroxyl groups is 1. The fraction of sp³-hybridized carbons (Fsp3) is 0.567. The lowest BCUT2D eigenvalue weighted by Gasteiger charge is -2.31. The minimum atomic E-state index is -4.15. The van der Waals surface area contributed by atoms with Crippen LogP contribution >= 0.6 is 0 Å². The van der Waals surface area contributed by atoms with Gasteiger partial charge in [-0.2, -0.15) is 0 Å². The van der Waals surface area contributed by atoms with Crippen LogP contribution < -0.4 is 10.1 Å². The molecule has 1 aliphatic carbocycles. The summed E-state index contributed by atoms with van der Waals surface area (Å²) in [6.45, 7) is 0.454. The molecule has 5 rings (SSSR count). The zero-order valence-corrected chi connectivity index (χ0v) is 24.6. The Morgan fingerprint density at radius 1 is 1.05 bits per heavy atom. The number of carbonyl (C=O) groups excluding carboxylic acids is 1. The van der Waals surface area contributed by atoms with Gasteiger partial charge in [0.2, 0.25) is 0 Å². The zero-order valence-electron chi connectivity index (χ0n) is 23.8. The SMILES string of the molecule is COc1ccc(S(=O)(=O)N(C[C@@H](O)[C@H](Cc2ccccc2)NC(=O)O[C@H]2CO[C@H]3OCCC[C@H]32)OC2CCCC2)cc1. The number of benzene rings is 2. The molecule has 0 bridgehead atoms. The van der Waals surface area contributed by atoms with Crippen LogP contribution in [0.25, 0.3) is 0 Å². The van der Waals surface area contributed by atoms with Crippen LogP contribution in [0, 0.1) is 5.92 Å². The number of methoxy groups -OCH3 is 1. The summed E-state index contributed by atoms with van der Waals surface area (Å²) in [7, 11) is -2.65. The molecule has 230 valence electrons. The van der Waals surface area contributed by atoms with Gasteiger partial charge in [0.25, 0.3) is 10.0 Å². The quantitative estimate of drug-likeness (QED) is 0.350. The molecule has 0 radical (unpaired) electrons. The van der Waals surface area contributed by atoms with E-state index in [-0.39, 0.29) is 36.2 Å². The molecule has 2 aliphatic heterocycles. The van der Waals surface area contributed by atoms with Crippen molar-refractivity contribution in [3.63, 3.8) is 0 Å². The van der Waals surface area contributed by atoms with E-state index in [1.54, 1.807) is 12.1 Å². The number of sulfonamides is 1. The number of rotatable bonds is 12. The number of amides is 1. The van der Waals surface area contributed by atoms with Gasteiger partial charge < -0.3 is 29.4 Å². The van der Waals surface area contributed by atoms with E-state index in [1.165, 1.54) is 19.2 Å². The Kier molecular flexibility index (Phi) is 10.3. The van der Waals surface area contributed by atoms with Crippen LogP contribution in [0.1, 0.15) is 44.1 Å². The molecule has 11 nitrogen and oxygen atoms in total. The maximum Gasteiger partial charge on any atom is 0.407 e. The van der Waals surface area contributed by atoms with Crippen molar-refractivity contribution in [3.8, 4) is 5.75 Å². The molecule has 2 saturated heterocycles. The summed E-state index contributed by atoms with van der Waals surface area (Å²) in [6.07, 6.45) is 2.07. The third-order valence-electron chi connectivity index (χ3n) is 8.07. The second kappa shape index (κ2) is 14.2. The number of ether oxygens (including phenoxy) is 4. The number of aliphatic hydroxyl groups excluding tert-OH is 1. The molecule has 3 fully saturated rings. The summed E-state index contributed by atoms with van der Waals surface area (Å²) in [5, 5.41) is 14.3. The third-order valence-corrected chi connectivity index (χ3v) is 9.71. The number of nitrogens with zero attached hydrogens (tertiary/aromatic N) is 1. The van der Waals surface area contributed by atoms with E-state index >= 15 is 0 Å². The average Bonchev–Trinajstić information content (AvgIpc) is 3.67. The van der Waals surface area contributed by atoms with Crippen molar-refractivity contribution in [1.29, 1.82) is 0 Å². The highest BCUT2D eigenvalue weighted by Gasteiger charge is 2.42. The van der Waals surface area contributed by atoms with E-state index in [1.807, 2.05) is 30.3 Å². The summed E-state index contributed by atoms with van der Waals surface area (Å²) >= 11 is 0. The molecule has 1 saturated carbocycles. The number of hydrogen-bond donors (Lipinski definition) is 2. The summed E-state index contributed by atoms with van der Waals surface area (Å²) in [4.78, 5) is 19.1. The molecule has 3 aliphatic rings. The maximum absolute atomic E-state index is 13.7. The molecule has 12 heteroatoms. The highest BCUT2D eigenvalue weighted by molar-refractivity contribution is 7.89. The summed E-state index contributed by atoms with van der Waals surface area (Å²) < 4.78 is 50.5. The first-order valence-corrected chi connectivity index (χ1v) is 16.0. The summed E-state index contributed by atoms with van der Waals surface area (Å²) in [6, 6.07) is 14.5. The Hall–Kier alpha value is -2.74. The number of hydrogen-bond acceptors (Lipinski definition) is 9. The van der Waals surface area contributed by atoms with Gasteiger partial charge in [-0.05, 0) is 61.9 Å². The van der Waals surface area contributed by atoms with Gasteiger partial charge in [0.05, 0.1) is 43.4 Å². The largest absolute Gasteiger partial charge is 0.497 e. The lowest BCUT2D eigenvalue weighted by molar-refractivity contribution is -0.152. The highest BCUT2D eigenvalue weighted by Crippen LogP contribution is 2.32. The van der Waals surface area contributed by atoms with E-state index in [2.05, 4.69) is 5.32 Å². The van der Waals surface area contributed by atoms with Crippen molar-refractivity contribution >= 4 is 16.1 Å². The van der Waals surface area contributed by atoms with Crippen LogP contribution in [0.4, 0.5) is 4.79 Å². The van der Waals surface area contributed by atoms with E-state index in [4.69, 9.17) is 23.8 Å². The van der Waals surface area contributed by atoms with Crippen LogP contribution in [0.15, 0.2) is 59.5 Å². The van der Waals surface area contributed by atoms with Crippen LogP contribution in [0.5, 0.6) is 5.75 Å². The molecule has 0 unspecified atom stereocenters. The number of carbonyl (C=O) groups is 1. The molecule has 1 amide bonds. The minimum Gasteiger partial charge on any atom is -0.497 e. The Bertz CT molecular complexity index is 1260. The molecule has 2 heterocycles. The van der Waals surface area contributed by atoms with Gasteiger partial charge in [-0.1, -0.05) is 47.6 Å². The second-order valence-electron chi connectivity index (χ2n) is 11.0. The van der Waals surface area contributed by atoms with Crippen LogP contribution in [0.2, 0.25) is 0 Å². The number of fused-ring (bicyclic) bond motifs is 1. The first-order valence-electron chi connectivity index (χ1n) is 14.6. The second-order valence-corrected chi connectivity index (χ2v) is 12.8. The van der Waals surface area contributed by atoms with Crippen molar-refractivity contribution in [1.82, 2.24) is 9.79 Å². The Labute approximate surface area is 247 Å². The van der Waals surface area contributed by atoms with Gasteiger partial charge in [0.1, 0.15) is 11.9 Å². The Balaban J connectivity index is 1.33. The summed E-state index contributed by atoms with van der Waals surface area (Å²) in [5.41, 5.74) is 0.855. The van der Waals surface area contributed by atoms with Gasteiger partial charge in [-0.25, -0.2) is 13.2 Å². The van der Waals surface area contributed by atoms with Crippen molar-refractivity contribution < 1.29 is 42.1 Å². The van der Waals surface area contributed by atoms with Gasteiger partial charge in [-0.15, -0.1) is 0 Å². The zero-order chi connectivity index (χ0) is 29.5. The van der Waals surface area contributed by atoms with Crippen LogP contribution in [0.3, 0.4) is 0 Å². The van der Waals surface area contributed by atoms with Crippen molar-refractivity contribution in [2.24, 2.45) is 5.92 Å². The number of nitrogens with one attached hydrogen (secondary N) is 1. The average molecular weight is 605 g/mol. The summed E-state index contributed by atoms with van der Waals surface area (Å²) in [5.74, 6) is 0.466. The lowest BCUT2D eigenvalue weighted by Crippen LogP contribution is -2.51. The molecule has 2 aromatic carbocycles.